The van der Waals surface area contributed by atoms with Gasteiger partial charge in [0, 0.05) is 31.5 Å². The molecule has 0 saturated carbocycles. The number of anilines is 1. The third-order valence-corrected chi connectivity index (χ3v) is 3.99. The van der Waals surface area contributed by atoms with Crippen molar-refractivity contribution in [3.8, 4) is 0 Å². The molecule has 1 aromatic carbocycles. The van der Waals surface area contributed by atoms with Gasteiger partial charge in [0.2, 0.25) is 0 Å². The van der Waals surface area contributed by atoms with Crippen molar-refractivity contribution < 1.29 is 4.79 Å². The molecule has 1 N–H and O–H groups in total. The number of aromatic amines is 1. The quantitative estimate of drug-likeness (QED) is 0.752. The number of aryl methyl sites for hydroxylation is 2. The van der Waals surface area contributed by atoms with Crippen LogP contribution in [0, 0.1) is 6.92 Å². The minimum absolute atomic E-state index is 0.0219. The Bertz CT molecular complexity index is 863. The zero-order chi connectivity index (χ0) is 16.6. The van der Waals surface area contributed by atoms with Gasteiger partial charge < -0.3 is 4.90 Å². The van der Waals surface area contributed by atoms with Crippen LogP contribution >= 0.6 is 0 Å². The molecule has 0 aliphatic heterocycles. The molecule has 5 nitrogen and oxygen atoms in total. The van der Waals surface area contributed by atoms with Crippen LogP contribution in [0.15, 0.2) is 30.5 Å². The molecule has 0 fully saturated rings. The summed E-state index contributed by atoms with van der Waals surface area (Å²) in [6.07, 6.45) is 2.43. The molecule has 0 radical (unpaired) electrons. The Morgan fingerprint density at radius 3 is 2.52 bits per heavy atom. The van der Waals surface area contributed by atoms with E-state index >= 15 is 0 Å². The number of pyridine rings is 1. The second-order valence-corrected chi connectivity index (χ2v) is 5.86. The van der Waals surface area contributed by atoms with Gasteiger partial charge in [-0.05, 0) is 13.3 Å². The highest BCUT2D eigenvalue weighted by molar-refractivity contribution is 6.16. The predicted molar refractivity (Wildman–Crippen MR) is 92.2 cm³/mol. The van der Waals surface area contributed by atoms with E-state index in [0.717, 1.165) is 28.8 Å². The molecule has 0 spiro atoms. The Hall–Kier alpha value is -2.69. The smallest absolute Gasteiger partial charge is 0.196 e. The monoisotopic (exact) mass is 308 g/mol. The van der Waals surface area contributed by atoms with Gasteiger partial charge in [0.25, 0.3) is 0 Å². The van der Waals surface area contributed by atoms with Crippen molar-refractivity contribution in [3.63, 3.8) is 0 Å². The standard InChI is InChI=1S/C18H20N4O/c1-5-14-15-16(22(3)4)13(10-19-18(15)21-20-14)17(23)12-8-6-11(2)7-9-12/h6-10H,5H2,1-4H3,(H,19,20,21). The summed E-state index contributed by atoms with van der Waals surface area (Å²) in [5.41, 5.74) is 4.90. The Balaban J connectivity index is 2.22. The van der Waals surface area contributed by atoms with Crippen LogP contribution in [0.5, 0.6) is 0 Å². The highest BCUT2D eigenvalue weighted by Gasteiger charge is 2.21. The number of ketones is 1. The van der Waals surface area contributed by atoms with E-state index in [1.54, 1.807) is 6.20 Å². The van der Waals surface area contributed by atoms with Crippen LogP contribution in [0.3, 0.4) is 0 Å². The maximum atomic E-state index is 13.0. The van der Waals surface area contributed by atoms with Crippen LogP contribution in [0.1, 0.15) is 34.1 Å². The zero-order valence-electron chi connectivity index (χ0n) is 13.8. The van der Waals surface area contributed by atoms with Crippen molar-refractivity contribution in [2.45, 2.75) is 20.3 Å². The molecule has 0 aliphatic carbocycles. The van der Waals surface area contributed by atoms with Crippen LogP contribution < -0.4 is 4.90 Å². The second-order valence-electron chi connectivity index (χ2n) is 5.86. The van der Waals surface area contributed by atoms with Crippen molar-refractivity contribution in [2.75, 3.05) is 19.0 Å². The van der Waals surface area contributed by atoms with Gasteiger partial charge in [0.05, 0.1) is 16.6 Å². The van der Waals surface area contributed by atoms with Crippen molar-refractivity contribution in [1.82, 2.24) is 15.2 Å². The minimum Gasteiger partial charge on any atom is -0.376 e. The summed E-state index contributed by atoms with van der Waals surface area (Å²) in [7, 11) is 3.88. The first-order valence-electron chi connectivity index (χ1n) is 7.67. The molecule has 0 amide bonds. The van der Waals surface area contributed by atoms with Crippen LogP contribution in [-0.2, 0) is 6.42 Å². The lowest BCUT2D eigenvalue weighted by molar-refractivity contribution is 0.103. The van der Waals surface area contributed by atoms with Crippen LogP contribution in [0.4, 0.5) is 5.69 Å². The third-order valence-electron chi connectivity index (χ3n) is 3.99. The van der Waals surface area contributed by atoms with E-state index in [1.165, 1.54) is 0 Å². The molecule has 5 heteroatoms. The first kappa shape index (κ1) is 15.2. The summed E-state index contributed by atoms with van der Waals surface area (Å²) < 4.78 is 0. The van der Waals surface area contributed by atoms with E-state index in [4.69, 9.17) is 0 Å². The Morgan fingerprint density at radius 1 is 1.22 bits per heavy atom. The number of H-pyrrole nitrogens is 1. The molecule has 0 atom stereocenters. The molecule has 118 valence electrons. The van der Waals surface area contributed by atoms with E-state index in [2.05, 4.69) is 22.1 Å². The summed E-state index contributed by atoms with van der Waals surface area (Å²) in [5.74, 6) is -0.0219. The number of fused-ring (bicyclic) bond motifs is 1. The molecule has 0 bridgehead atoms. The number of aromatic nitrogens is 3. The van der Waals surface area contributed by atoms with Gasteiger partial charge in [0.1, 0.15) is 0 Å². The summed E-state index contributed by atoms with van der Waals surface area (Å²) in [5, 5.41) is 8.19. The summed E-state index contributed by atoms with van der Waals surface area (Å²) in [4.78, 5) is 19.3. The molecule has 23 heavy (non-hydrogen) atoms. The van der Waals surface area contributed by atoms with Gasteiger partial charge in [-0.1, -0.05) is 36.8 Å². The Morgan fingerprint density at radius 2 is 1.91 bits per heavy atom. The third kappa shape index (κ3) is 2.59. The van der Waals surface area contributed by atoms with E-state index in [1.807, 2.05) is 50.2 Å². The first-order valence-corrected chi connectivity index (χ1v) is 7.67. The average molecular weight is 308 g/mol. The predicted octanol–water partition coefficient (Wildman–Crippen LogP) is 3.13. The second kappa shape index (κ2) is 5.83. The van der Waals surface area contributed by atoms with Crippen LogP contribution in [0.25, 0.3) is 11.0 Å². The fraction of sp³-hybridized carbons (Fsp3) is 0.278. The molecule has 3 rings (SSSR count). The van der Waals surface area contributed by atoms with Crippen molar-refractivity contribution in [2.24, 2.45) is 0 Å². The van der Waals surface area contributed by atoms with Crippen LogP contribution in [-0.4, -0.2) is 35.1 Å². The summed E-state index contributed by atoms with van der Waals surface area (Å²) in [6.45, 7) is 4.06. The van der Waals surface area contributed by atoms with Crippen molar-refractivity contribution >= 4 is 22.5 Å². The van der Waals surface area contributed by atoms with Gasteiger partial charge in [-0.15, -0.1) is 0 Å². The topological polar surface area (TPSA) is 61.9 Å². The average Bonchev–Trinajstić information content (AvgIpc) is 2.96. The fourth-order valence-electron chi connectivity index (χ4n) is 2.78. The molecule has 2 aromatic heterocycles. The lowest BCUT2D eigenvalue weighted by Gasteiger charge is -2.18. The van der Waals surface area contributed by atoms with Crippen molar-refractivity contribution in [3.05, 3.63) is 52.8 Å². The number of hydrogen-bond donors (Lipinski definition) is 1. The van der Waals surface area contributed by atoms with E-state index in [9.17, 15) is 4.79 Å². The largest absolute Gasteiger partial charge is 0.376 e. The molecule has 0 aliphatic rings. The fourth-order valence-corrected chi connectivity index (χ4v) is 2.78. The van der Waals surface area contributed by atoms with Gasteiger partial charge in [-0.3, -0.25) is 9.89 Å². The first-order chi connectivity index (χ1) is 11.0. The Labute approximate surface area is 135 Å². The number of nitrogens with zero attached hydrogens (tertiary/aromatic N) is 3. The summed E-state index contributed by atoms with van der Waals surface area (Å²) >= 11 is 0. The molecule has 0 saturated heterocycles. The Kier molecular flexibility index (Phi) is 3.86. The number of benzene rings is 1. The number of nitrogens with one attached hydrogen (secondary N) is 1. The van der Waals surface area contributed by atoms with E-state index < -0.39 is 0 Å². The van der Waals surface area contributed by atoms with Gasteiger partial charge in [-0.2, -0.15) is 5.10 Å². The maximum Gasteiger partial charge on any atom is 0.196 e. The normalized spacial score (nSPS) is 11.0. The SMILES string of the molecule is CCc1[nH]nc2ncc(C(=O)c3ccc(C)cc3)c(N(C)C)c12. The van der Waals surface area contributed by atoms with E-state index in [-0.39, 0.29) is 5.78 Å². The van der Waals surface area contributed by atoms with Crippen molar-refractivity contribution in [1.29, 1.82) is 0 Å². The number of carbonyl (C=O) groups is 1. The molecular formula is C18H20N4O. The minimum atomic E-state index is -0.0219. The zero-order valence-corrected chi connectivity index (χ0v) is 13.8. The van der Waals surface area contributed by atoms with Gasteiger partial charge in [0.15, 0.2) is 11.4 Å². The lowest BCUT2D eigenvalue weighted by Crippen LogP contribution is -2.16. The highest BCUT2D eigenvalue weighted by atomic mass is 16.1. The molecule has 0 unspecified atom stereocenters. The molecule has 2 heterocycles. The van der Waals surface area contributed by atoms with Gasteiger partial charge in [-0.25, -0.2) is 4.98 Å². The van der Waals surface area contributed by atoms with Gasteiger partial charge >= 0.3 is 0 Å². The van der Waals surface area contributed by atoms with E-state index in [0.29, 0.717) is 16.8 Å². The highest BCUT2D eigenvalue weighted by Crippen LogP contribution is 2.31. The maximum absolute atomic E-state index is 13.0. The number of hydrogen-bond acceptors (Lipinski definition) is 4. The summed E-state index contributed by atoms with van der Waals surface area (Å²) in [6, 6.07) is 7.61. The lowest BCUT2D eigenvalue weighted by atomic mass is 10.00. The molecular weight excluding hydrogens is 288 g/mol. The number of rotatable bonds is 4. The number of carbonyl (C=O) groups excluding carboxylic acids is 1. The molecule has 3 aromatic rings. The van der Waals surface area contributed by atoms with Crippen LogP contribution in [0.2, 0.25) is 0 Å².